The molecule has 4 saturated carbocycles. The minimum Gasteiger partial charge on any atom is -0.467 e. The van der Waals surface area contributed by atoms with E-state index in [1.165, 1.54) is 26.4 Å². The Hall–Kier alpha value is -1.55. The van der Waals surface area contributed by atoms with Crippen LogP contribution in [-0.4, -0.2) is 25.0 Å². The third-order valence-corrected chi connectivity index (χ3v) is 6.77. The summed E-state index contributed by atoms with van der Waals surface area (Å²) >= 11 is 5.90. The number of rotatable bonds is 4. The molecule has 1 N–H and O–H groups in total. The van der Waals surface area contributed by atoms with Crippen LogP contribution in [0.15, 0.2) is 24.3 Å². The average molecular weight is 362 g/mol. The Morgan fingerprint density at radius 3 is 2.08 bits per heavy atom. The van der Waals surface area contributed by atoms with E-state index in [1.54, 1.807) is 24.3 Å². The number of nitrogens with one attached hydrogen (secondary N) is 1. The first kappa shape index (κ1) is 16.9. The second-order valence-electron chi connectivity index (χ2n) is 8.22. The van der Waals surface area contributed by atoms with Crippen LogP contribution in [0.1, 0.15) is 48.9 Å². The van der Waals surface area contributed by atoms with Crippen molar-refractivity contribution in [2.24, 2.45) is 23.2 Å². The zero-order valence-electron chi connectivity index (χ0n) is 14.5. The highest BCUT2D eigenvalue weighted by Gasteiger charge is 2.56. The average Bonchev–Trinajstić information content (AvgIpc) is 2.58. The summed E-state index contributed by atoms with van der Waals surface area (Å²) in [7, 11) is 1.41. The molecule has 25 heavy (non-hydrogen) atoms. The van der Waals surface area contributed by atoms with E-state index in [0.29, 0.717) is 28.3 Å². The number of hydrogen-bond acceptors (Lipinski definition) is 3. The van der Waals surface area contributed by atoms with Gasteiger partial charge in [-0.25, -0.2) is 4.79 Å². The fraction of sp³-hybridized carbons (Fsp3) is 0.600. The standard InChI is InChI=1S/C20H24ClNO3/c1-25-19(24)17(22-18(23)15-2-4-16(21)5-3-15)20-9-12-6-13(10-20)8-14(7-12)11-20/h2-5,12-14,17H,6-11H2,1H3,(H,22,23). The van der Waals surface area contributed by atoms with Gasteiger partial charge in [0.1, 0.15) is 6.04 Å². The van der Waals surface area contributed by atoms with Gasteiger partial charge in [0.25, 0.3) is 5.91 Å². The van der Waals surface area contributed by atoms with Crippen LogP contribution >= 0.6 is 11.6 Å². The molecule has 0 aromatic heterocycles. The highest BCUT2D eigenvalue weighted by Crippen LogP contribution is 2.61. The lowest BCUT2D eigenvalue weighted by molar-refractivity contribution is -0.154. The Labute approximate surface area is 153 Å². The molecule has 4 bridgehead atoms. The van der Waals surface area contributed by atoms with Crippen LogP contribution in [0, 0.1) is 23.2 Å². The summed E-state index contributed by atoms with van der Waals surface area (Å²) in [5.74, 6) is 1.55. The van der Waals surface area contributed by atoms with Crippen molar-refractivity contribution >= 4 is 23.5 Å². The number of esters is 1. The summed E-state index contributed by atoms with van der Waals surface area (Å²) in [6, 6.07) is 6.19. The Morgan fingerprint density at radius 1 is 1.08 bits per heavy atom. The number of methoxy groups -OCH3 is 1. The number of benzene rings is 1. The summed E-state index contributed by atoms with van der Waals surface area (Å²) in [5, 5.41) is 3.59. The first-order valence-electron chi connectivity index (χ1n) is 9.13. The Kier molecular flexibility index (Phi) is 4.27. The van der Waals surface area contributed by atoms with E-state index < -0.39 is 6.04 Å². The van der Waals surface area contributed by atoms with Crippen LogP contribution in [0.25, 0.3) is 0 Å². The number of carbonyl (C=O) groups excluding carboxylic acids is 2. The molecule has 1 unspecified atom stereocenters. The van der Waals surface area contributed by atoms with Crippen LogP contribution in [0.2, 0.25) is 5.02 Å². The van der Waals surface area contributed by atoms with Crippen LogP contribution in [0.5, 0.6) is 0 Å². The van der Waals surface area contributed by atoms with Gasteiger partial charge >= 0.3 is 5.97 Å². The monoisotopic (exact) mass is 361 g/mol. The molecule has 1 atom stereocenters. The maximum atomic E-state index is 12.7. The molecule has 0 saturated heterocycles. The minimum atomic E-state index is -0.561. The zero-order chi connectivity index (χ0) is 17.6. The Morgan fingerprint density at radius 2 is 1.60 bits per heavy atom. The van der Waals surface area contributed by atoms with Crippen LogP contribution in [0.4, 0.5) is 0 Å². The van der Waals surface area contributed by atoms with Crippen molar-refractivity contribution in [1.82, 2.24) is 5.32 Å². The molecule has 134 valence electrons. The van der Waals surface area contributed by atoms with Crippen molar-refractivity contribution in [1.29, 1.82) is 0 Å². The number of hydrogen-bond donors (Lipinski definition) is 1. The maximum absolute atomic E-state index is 12.7. The predicted molar refractivity (Wildman–Crippen MR) is 95.3 cm³/mol. The molecule has 5 rings (SSSR count). The van der Waals surface area contributed by atoms with Crippen molar-refractivity contribution in [3.63, 3.8) is 0 Å². The van der Waals surface area contributed by atoms with E-state index in [0.717, 1.165) is 19.3 Å². The molecule has 4 fully saturated rings. The van der Waals surface area contributed by atoms with Gasteiger partial charge in [0, 0.05) is 16.0 Å². The number of halogens is 1. The smallest absolute Gasteiger partial charge is 0.328 e. The molecular weight excluding hydrogens is 338 g/mol. The van der Waals surface area contributed by atoms with Gasteiger partial charge in [-0.05, 0) is 80.5 Å². The van der Waals surface area contributed by atoms with E-state index in [-0.39, 0.29) is 17.3 Å². The fourth-order valence-corrected chi connectivity index (χ4v) is 6.05. The van der Waals surface area contributed by atoms with Crippen molar-refractivity contribution in [3.05, 3.63) is 34.9 Å². The molecule has 0 heterocycles. The van der Waals surface area contributed by atoms with E-state index in [9.17, 15) is 9.59 Å². The van der Waals surface area contributed by atoms with Crippen LogP contribution in [0.3, 0.4) is 0 Å². The molecule has 0 spiro atoms. The van der Waals surface area contributed by atoms with E-state index in [2.05, 4.69) is 5.32 Å². The van der Waals surface area contributed by atoms with E-state index in [4.69, 9.17) is 16.3 Å². The van der Waals surface area contributed by atoms with Gasteiger partial charge in [0.2, 0.25) is 0 Å². The molecule has 1 aromatic rings. The molecule has 0 radical (unpaired) electrons. The molecule has 4 aliphatic rings. The lowest BCUT2D eigenvalue weighted by Gasteiger charge is -2.58. The largest absolute Gasteiger partial charge is 0.467 e. The topological polar surface area (TPSA) is 55.4 Å². The van der Waals surface area contributed by atoms with Gasteiger partial charge in [-0.3, -0.25) is 4.79 Å². The summed E-state index contributed by atoms with van der Waals surface area (Å²) < 4.78 is 5.08. The summed E-state index contributed by atoms with van der Waals surface area (Å²) in [4.78, 5) is 25.3. The van der Waals surface area contributed by atoms with Crippen molar-refractivity contribution in [2.75, 3.05) is 7.11 Å². The molecule has 0 aliphatic heterocycles. The molecule has 1 aromatic carbocycles. The van der Waals surface area contributed by atoms with Gasteiger partial charge < -0.3 is 10.1 Å². The van der Waals surface area contributed by atoms with Crippen molar-refractivity contribution in [3.8, 4) is 0 Å². The number of amides is 1. The number of ether oxygens (including phenoxy) is 1. The normalized spacial score (nSPS) is 33.8. The van der Waals surface area contributed by atoms with Crippen molar-refractivity contribution < 1.29 is 14.3 Å². The fourth-order valence-electron chi connectivity index (χ4n) is 5.93. The Balaban J connectivity index is 1.59. The molecule has 4 nitrogen and oxygen atoms in total. The van der Waals surface area contributed by atoms with Crippen molar-refractivity contribution in [2.45, 2.75) is 44.6 Å². The maximum Gasteiger partial charge on any atom is 0.328 e. The van der Waals surface area contributed by atoms with Gasteiger partial charge in [-0.15, -0.1) is 0 Å². The van der Waals surface area contributed by atoms with Gasteiger partial charge in [0.05, 0.1) is 7.11 Å². The summed E-state index contributed by atoms with van der Waals surface area (Å²) in [6.07, 6.45) is 6.95. The quantitative estimate of drug-likeness (QED) is 0.829. The first-order chi connectivity index (χ1) is 12.0. The predicted octanol–water partition coefficient (Wildman–Crippen LogP) is 3.83. The SMILES string of the molecule is COC(=O)C(NC(=O)c1ccc(Cl)cc1)C12CC3CC(CC(C3)C1)C2. The third kappa shape index (κ3) is 3.05. The highest BCUT2D eigenvalue weighted by atomic mass is 35.5. The minimum absolute atomic E-state index is 0.135. The zero-order valence-corrected chi connectivity index (χ0v) is 15.2. The molecule has 1 amide bonds. The molecule has 5 heteroatoms. The van der Waals surface area contributed by atoms with Gasteiger partial charge in [0.15, 0.2) is 0 Å². The van der Waals surface area contributed by atoms with E-state index in [1.807, 2.05) is 0 Å². The van der Waals surface area contributed by atoms with Gasteiger partial charge in [-0.2, -0.15) is 0 Å². The van der Waals surface area contributed by atoms with E-state index >= 15 is 0 Å². The lowest BCUT2D eigenvalue weighted by atomic mass is 9.47. The first-order valence-corrected chi connectivity index (χ1v) is 9.51. The highest BCUT2D eigenvalue weighted by molar-refractivity contribution is 6.30. The van der Waals surface area contributed by atoms with Crippen LogP contribution in [-0.2, 0) is 9.53 Å². The Bertz CT molecular complexity index is 649. The second kappa shape index (κ2) is 6.31. The lowest BCUT2D eigenvalue weighted by Crippen LogP contribution is -2.60. The summed E-state index contributed by atoms with van der Waals surface area (Å²) in [5.41, 5.74) is 0.382. The van der Waals surface area contributed by atoms with Gasteiger partial charge in [-0.1, -0.05) is 11.6 Å². The molecular formula is C20H24ClNO3. The third-order valence-electron chi connectivity index (χ3n) is 6.52. The molecule has 4 aliphatic carbocycles. The second-order valence-corrected chi connectivity index (χ2v) is 8.65. The summed E-state index contributed by atoms with van der Waals surface area (Å²) in [6.45, 7) is 0. The number of carbonyl (C=O) groups is 2. The van der Waals surface area contributed by atoms with Crippen LogP contribution < -0.4 is 5.32 Å².